The van der Waals surface area contributed by atoms with Crippen LogP contribution in [0, 0.1) is 11.3 Å². The highest BCUT2D eigenvalue weighted by Crippen LogP contribution is 2.58. The smallest absolute Gasteiger partial charge is 0.328 e. The lowest BCUT2D eigenvalue weighted by Gasteiger charge is -2.45. The van der Waals surface area contributed by atoms with Gasteiger partial charge in [0, 0.05) is 24.8 Å². The molecule has 1 saturated carbocycles. The Balaban J connectivity index is 1.35. The third-order valence-corrected chi connectivity index (χ3v) is 9.03. The molecule has 9 atom stereocenters. The lowest BCUT2D eigenvalue weighted by atomic mass is 9.82. The van der Waals surface area contributed by atoms with Crippen molar-refractivity contribution in [3.05, 3.63) is 36.5 Å². The molecule has 4 rings (SSSR count). The number of amides is 1. The van der Waals surface area contributed by atoms with Crippen LogP contribution in [0.25, 0.3) is 0 Å². The Bertz CT molecular complexity index is 1010. The van der Waals surface area contributed by atoms with Crippen LogP contribution in [0.5, 0.6) is 0 Å². The quantitative estimate of drug-likeness (QED) is 0.106. The van der Waals surface area contributed by atoms with Crippen LogP contribution in [0.4, 0.5) is 0 Å². The zero-order valence-corrected chi connectivity index (χ0v) is 23.9. The van der Waals surface area contributed by atoms with Crippen molar-refractivity contribution in [1.82, 2.24) is 5.32 Å². The van der Waals surface area contributed by atoms with E-state index in [1.165, 1.54) is 6.08 Å². The Kier molecular flexibility index (Phi) is 10.4. The molecule has 41 heavy (non-hydrogen) atoms. The van der Waals surface area contributed by atoms with Gasteiger partial charge in [0.05, 0.1) is 37.1 Å². The van der Waals surface area contributed by atoms with Gasteiger partial charge in [0.2, 0.25) is 5.79 Å². The maximum absolute atomic E-state index is 13.2. The molecular weight excluding hydrogens is 534 g/mol. The second-order valence-electron chi connectivity index (χ2n) is 12.1. The normalized spacial score (nSPS) is 36.6. The summed E-state index contributed by atoms with van der Waals surface area (Å²) in [5.74, 6) is -3.90. The number of hydrogen-bond acceptors (Lipinski definition) is 9. The molecule has 5 unspecified atom stereocenters. The fourth-order valence-electron chi connectivity index (χ4n) is 6.16. The summed E-state index contributed by atoms with van der Waals surface area (Å²) in [6.07, 6.45) is 7.20. The lowest BCUT2D eigenvalue weighted by molar-refractivity contribution is -0.285. The van der Waals surface area contributed by atoms with Gasteiger partial charge in [0.25, 0.3) is 5.91 Å². The molecule has 11 nitrogen and oxygen atoms in total. The minimum atomic E-state index is -2.09. The van der Waals surface area contributed by atoms with Gasteiger partial charge >= 0.3 is 5.97 Å². The van der Waals surface area contributed by atoms with Crippen LogP contribution < -0.4 is 5.32 Å². The molecule has 0 bridgehead atoms. The number of fused-ring (bicyclic) bond motifs is 1. The number of carboxylic acids is 1. The molecular formula is C30H45NO10. The molecule has 5 N–H and O–H groups in total. The number of aliphatic hydroxyl groups excluding tert-OH is 2. The summed E-state index contributed by atoms with van der Waals surface area (Å²) in [6, 6.07) is -0.642. The fraction of sp³-hybridized carbons (Fsp3) is 0.733. The molecule has 4 aliphatic rings. The third kappa shape index (κ3) is 7.84. The minimum Gasteiger partial charge on any atom is -0.478 e. The number of allylic oxidation sites excluding steroid dienone is 3. The van der Waals surface area contributed by atoms with E-state index in [2.05, 4.69) is 11.9 Å². The number of ether oxygens (including phenoxy) is 4. The van der Waals surface area contributed by atoms with Crippen molar-refractivity contribution in [1.29, 1.82) is 0 Å². The van der Waals surface area contributed by atoms with Crippen molar-refractivity contribution in [3.8, 4) is 0 Å². The molecule has 1 amide bonds. The predicted octanol–water partition coefficient (Wildman–Crippen LogP) is 1.95. The SMILES string of the molecule is C=C1C[C@](O)(C(O)C(=O)N[C@H]2COCO[C@@H]3CC4(CC4)C(CC(O)CCC/C=C/C=C/C(=O)O)O[C@H]23)OC(C)C1C. The molecule has 0 aromatic heterocycles. The lowest BCUT2D eigenvalue weighted by Crippen LogP contribution is -2.62. The highest BCUT2D eigenvalue weighted by molar-refractivity contribution is 5.82. The van der Waals surface area contributed by atoms with E-state index in [9.17, 15) is 24.9 Å². The topological polar surface area (TPSA) is 164 Å². The fourth-order valence-corrected chi connectivity index (χ4v) is 6.16. The number of carbonyl (C=O) groups excluding carboxylic acids is 1. The Morgan fingerprint density at radius 2 is 1.98 bits per heavy atom. The molecule has 1 aliphatic carbocycles. The number of carboxylic acid groups (broad SMARTS) is 1. The number of hydrogen-bond donors (Lipinski definition) is 5. The molecule has 11 heteroatoms. The number of unbranched alkanes of at least 4 members (excludes halogenated alkanes) is 1. The minimum absolute atomic E-state index is 0.0196. The summed E-state index contributed by atoms with van der Waals surface area (Å²) >= 11 is 0. The molecule has 3 saturated heterocycles. The highest BCUT2D eigenvalue weighted by Gasteiger charge is 2.58. The van der Waals surface area contributed by atoms with Gasteiger partial charge in [0.15, 0.2) is 6.10 Å². The average molecular weight is 580 g/mol. The summed E-state index contributed by atoms with van der Waals surface area (Å²) < 4.78 is 23.8. The van der Waals surface area contributed by atoms with Crippen LogP contribution in [-0.2, 0) is 28.5 Å². The van der Waals surface area contributed by atoms with Gasteiger partial charge in [-0.2, -0.15) is 0 Å². The number of aliphatic carboxylic acids is 1. The first-order chi connectivity index (χ1) is 19.4. The summed E-state index contributed by atoms with van der Waals surface area (Å²) in [5.41, 5.74) is 0.613. The van der Waals surface area contributed by atoms with E-state index in [1.54, 1.807) is 13.0 Å². The first-order valence-corrected chi connectivity index (χ1v) is 14.6. The van der Waals surface area contributed by atoms with Crippen molar-refractivity contribution in [2.45, 2.75) is 114 Å². The van der Waals surface area contributed by atoms with Gasteiger partial charge in [-0.15, -0.1) is 0 Å². The summed E-state index contributed by atoms with van der Waals surface area (Å²) in [5, 5.41) is 44.1. The zero-order chi connectivity index (χ0) is 29.8. The van der Waals surface area contributed by atoms with Crippen molar-refractivity contribution in [2.24, 2.45) is 11.3 Å². The van der Waals surface area contributed by atoms with E-state index in [0.717, 1.165) is 25.3 Å². The molecule has 230 valence electrons. The molecule has 3 heterocycles. The van der Waals surface area contributed by atoms with E-state index in [4.69, 9.17) is 24.1 Å². The van der Waals surface area contributed by atoms with Gasteiger partial charge in [-0.1, -0.05) is 37.3 Å². The van der Waals surface area contributed by atoms with Crippen LogP contribution in [0.3, 0.4) is 0 Å². The standard InChI is InChI=1S/C30H45NO10/c1-18-14-30(37,41-20(3)19(18)2)27(35)28(36)31-22-16-38-17-39-23-15-29(11-12-29)24(40-26(22)23)13-21(32)9-7-5-4-6-8-10-25(33)34/h4,6,8,10,19-24,26-27,32,35,37H,1,5,7,9,11-17H2,2-3H3,(H,31,36)(H,33,34)/b6-4+,10-8+/t19?,20?,21?,22-,23+,24?,26+,27?,30+/m0/s1. The number of nitrogens with one attached hydrogen (secondary N) is 1. The van der Waals surface area contributed by atoms with Gasteiger partial charge in [0.1, 0.15) is 12.9 Å². The Hall–Kier alpha value is -2.12. The van der Waals surface area contributed by atoms with Crippen LogP contribution in [0.2, 0.25) is 0 Å². The van der Waals surface area contributed by atoms with Gasteiger partial charge in [-0.3, -0.25) is 4.79 Å². The summed E-state index contributed by atoms with van der Waals surface area (Å²) in [7, 11) is 0. The van der Waals surface area contributed by atoms with Crippen LogP contribution in [0.1, 0.15) is 65.2 Å². The van der Waals surface area contributed by atoms with Crippen LogP contribution in [0.15, 0.2) is 36.5 Å². The van der Waals surface area contributed by atoms with E-state index >= 15 is 0 Å². The zero-order valence-electron chi connectivity index (χ0n) is 23.9. The maximum Gasteiger partial charge on any atom is 0.328 e. The Morgan fingerprint density at radius 1 is 1.22 bits per heavy atom. The summed E-state index contributed by atoms with van der Waals surface area (Å²) in [4.78, 5) is 23.7. The third-order valence-electron chi connectivity index (χ3n) is 9.03. The molecule has 0 aromatic carbocycles. The number of rotatable bonds is 11. The van der Waals surface area contributed by atoms with Crippen molar-refractivity contribution in [2.75, 3.05) is 13.4 Å². The van der Waals surface area contributed by atoms with Crippen molar-refractivity contribution < 1.29 is 49.0 Å². The van der Waals surface area contributed by atoms with Crippen LogP contribution in [-0.4, -0.2) is 94.2 Å². The first kappa shape index (κ1) is 31.8. The maximum atomic E-state index is 13.2. The highest BCUT2D eigenvalue weighted by atomic mass is 16.7. The van der Waals surface area contributed by atoms with E-state index in [0.29, 0.717) is 31.3 Å². The average Bonchev–Trinajstić information content (AvgIpc) is 3.71. The van der Waals surface area contributed by atoms with Crippen LogP contribution >= 0.6 is 0 Å². The van der Waals surface area contributed by atoms with E-state index in [1.807, 2.05) is 13.0 Å². The van der Waals surface area contributed by atoms with Gasteiger partial charge in [-0.05, 0) is 50.9 Å². The Morgan fingerprint density at radius 3 is 2.66 bits per heavy atom. The molecule has 1 spiro atoms. The van der Waals surface area contributed by atoms with Crippen molar-refractivity contribution in [3.63, 3.8) is 0 Å². The molecule has 4 fully saturated rings. The number of aliphatic hydroxyl groups is 3. The second-order valence-corrected chi connectivity index (χ2v) is 12.1. The number of carbonyl (C=O) groups is 2. The van der Waals surface area contributed by atoms with E-state index < -0.39 is 48.1 Å². The molecule has 3 aliphatic heterocycles. The Labute approximate surface area is 241 Å². The molecule has 0 aromatic rings. The molecule has 0 radical (unpaired) electrons. The first-order valence-electron chi connectivity index (χ1n) is 14.6. The van der Waals surface area contributed by atoms with E-state index in [-0.39, 0.29) is 43.4 Å². The largest absolute Gasteiger partial charge is 0.478 e. The summed E-state index contributed by atoms with van der Waals surface area (Å²) in [6.45, 7) is 7.81. The van der Waals surface area contributed by atoms with Gasteiger partial charge < -0.3 is 44.7 Å². The van der Waals surface area contributed by atoms with Gasteiger partial charge in [-0.25, -0.2) is 4.79 Å². The monoisotopic (exact) mass is 579 g/mol. The van der Waals surface area contributed by atoms with Crippen molar-refractivity contribution >= 4 is 11.9 Å². The second kappa shape index (κ2) is 13.5. The predicted molar refractivity (Wildman–Crippen MR) is 147 cm³/mol.